The minimum Gasteiger partial charge on any atom is -0.460 e. The summed E-state index contributed by atoms with van der Waals surface area (Å²) in [5, 5.41) is 14.5. The monoisotopic (exact) mass is 320 g/mol. The zero-order valence-electron chi connectivity index (χ0n) is 14.9. The maximum Gasteiger partial charge on any atom is 0.311 e. The number of hydrogen-bond acceptors (Lipinski definition) is 5. The van der Waals surface area contributed by atoms with E-state index in [0.29, 0.717) is 12.2 Å². The highest BCUT2D eigenvalue weighted by atomic mass is 16.6. The average Bonchev–Trinajstić information content (AvgIpc) is 2.74. The van der Waals surface area contributed by atoms with Gasteiger partial charge < -0.3 is 15.2 Å². The summed E-state index contributed by atoms with van der Waals surface area (Å²) in [5.74, 6) is -1.06. The molecule has 1 unspecified atom stereocenters. The first-order valence-corrected chi connectivity index (χ1v) is 8.07. The van der Waals surface area contributed by atoms with Gasteiger partial charge in [0.2, 0.25) is 0 Å². The highest BCUT2D eigenvalue weighted by Crippen LogP contribution is 2.42. The molecule has 5 nitrogen and oxygen atoms in total. The molecule has 2 heterocycles. The van der Waals surface area contributed by atoms with E-state index in [1.54, 1.807) is 19.2 Å². The molecule has 0 radical (unpaired) electrons. The van der Waals surface area contributed by atoms with Crippen molar-refractivity contribution in [3.05, 3.63) is 30.1 Å². The van der Waals surface area contributed by atoms with Crippen molar-refractivity contribution in [2.24, 2.45) is 11.8 Å². The number of nitrogens with one attached hydrogen (secondary N) is 1. The van der Waals surface area contributed by atoms with Crippen LogP contribution in [0.5, 0.6) is 0 Å². The number of rotatable bonds is 3. The number of aromatic nitrogens is 1. The second-order valence-corrected chi connectivity index (χ2v) is 8.08. The Morgan fingerprint density at radius 2 is 2.00 bits per heavy atom. The van der Waals surface area contributed by atoms with E-state index in [-0.39, 0.29) is 11.9 Å². The standard InChI is InChI=1S/C18H28N2O3/c1-16(2,3)23-15(21)14-12(11-20-17(14,4)5)18(6,22)13-9-7-8-10-19-13/h7-10,12,14,20,22H,11H2,1-6H3/t12-,14?,18+/m1/s1. The number of nitrogens with zero attached hydrogens (tertiary/aromatic N) is 1. The zero-order valence-corrected chi connectivity index (χ0v) is 14.9. The molecule has 2 N–H and O–H groups in total. The number of hydrogen-bond donors (Lipinski definition) is 2. The van der Waals surface area contributed by atoms with E-state index in [0.717, 1.165) is 0 Å². The molecule has 0 spiro atoms. The van der Waals surface area contributed by atoms with Crippen LogP contribution < -0.4 is 5.32 Å². The van der Waals surface area contributed by atoms with Crippen LogP contribution in [-0.2, 0) is 15.1 Å². The SMILES string of the molecule is CC(C)(C)OC(=O)C1[C@H]([C@](C)(O)c2ccccn2)CNC1(C)C. The molecule has 1 aromatic rings. The molecule has 1 aromatic heterocycles. The minimum absolute atomic E-state index is 0.284. The lowest BCUT2D eigenvalue weighted by Crippen LogP contribution is -2.48. The normalized spacial score (nSPS) is 26.6. The Hall–Kier alpha value is -1.46. The molecule has 0 aromatic carbocycles. The summed E-state index contributed by atoms with van der Waals surface area (Å²) in [4.78, 5) is 17.1. The van der Waals surface area contributed by atoms with Gasteiger partial charge in [0.05, 0.1) is 11.6 Å². The molecule has 0 saturated carbocycles. The summed E-state index contributed by atoms with van der Waals surface area (Å²) in [6, 6.07) is 5.44. The molecule has 128 valence electrons. The van der Waals surface area contributed by atoms with Gasteiger partial charge in [-0.15, -0.1) is 0 Å². The van der Waals surface area contributed by atoms with Crippen LogP contribution >= 0.6 is 0 Å². The number of pyridine rings is 1. The van der Waals surface area contributed by atoms with Gasteiger partial charge in [0.1, 0.15) is 11.2 Å². The largest absolute Gasteiger partial charge is 0.460 e. The van der Waals surface area contributed by atoms with Crippen molar-refractivity contribution in [3.63, 3.8) is 0 Å². The van der Waals surface area contributed by atoms with Gasteiger partial charge in [0.15, 0.2) is 0 Å². The summed E-state index contributed by atoms with van der Waals surface area (Å²) in [5.41, 5.74) is -1.66. The third-order valence-electron chi connectivity index (χ3n) is 4.52. The highest BCUT2D eigenvalue weighted by molar-refractivity contribution is 5.75. The van der Waals surface area contributed by atoms with E-state index in [9.17, 15) is 9.90 Å². The lowest BCUT2D eigenvalue weighted by atomic mass is 9.73. The van der Waals surface area contributed by atoms with Gasteiger partial charge in [-0.05, 0) is 53.7 Å². The van der Waals surface area contributed by atoms with E-state index in [1.807, 2.05) is 46.8 Å². The van der Waals surface area contributed by atoms with Crippen LogP contribution in [0.15, 0.2) is 24.4 Å². The topological polar surface area (TPSA) is 71.5 Å². The van der Waals surface area contributed by atoms with Gasteiger partial charge in [-0.1, -0.05) is 6.07 Å². The first-order valence-electron chi connectivity index (χ1n) is 8.07. The van der Waals surface area contributed by atoms with Crippen LogP contribution in [0, 0.1) is 11.8 Å². The highest BCUT2D eigenvalue weighted by Gasteiger charge is 2.54. The van der Waals surface area contributed by atoms with Crippen LogP contribution in [0.25, 0.3) is 0 Å². The van der Waals surface area contributed by atoms with Crippen molar-refractivity contribution in [1.82, 2.24) is 10.3 Å². The second-order valence-electron chi connectivity index (χ2n) is 8.08. The van der Waals surface area contributed by atoms with Crippen LogP contribution in [0.4, 0.5) is 0 Å². The summed E-state index contributed by atoms with van der Waals surface area (Å²) in [6.07, 6.45) is 1.65. The van der Waals surface area contributed by atoms with Crippen LogP contribution in [0.2, 0.25) is 0 Å². The molecule has 0 aliphatic carbocycles. The number of ether oxygens (including phenoxy) is 1. The van der Waals surface area contributed by atoms with Crippen molar-refractivity contribution in [3.8, 4) is 0 Å². The fourth-order valence-corrected chi connectivity index (χ4v) is 3.30. The Morgan fingerprint density at radius 1 is 1.35 bits per heavy atom. The summed E-state index contributed by atoms with van der Waals surface area (Å²) in [7, 11) is 0. The molecule has 1 fully saturated rings. The lowest BCUT2D eigenvalue weighted by Gasteiger charge is -2.37. The Labute approximate surface area is 138 Å². The Morgan fingerprint density at radius 3 is 2.52 bits per heavy atom. The van der Waals surface area contributed by atoms with E-state index < -0.39 is 22.7 Å². The fourth-order valence-electron chi connectivity index (χ4n) is 3.30. The summed E-state index contributed by atoms with van der Waals surface area (Å²) >= 11 is 0. The minimum atomic E-state index is -1.22. The first-order chi connectivity index (χ1) is 10.5. The molecule has 2 rings (SSSR count). The quantitative estimate of drug-likeness (QED) is 0.836. The van der Waals surface area contributed by atoms with E-state index in [4.69, 9.17) is 4.74 Å². The lowest BCUT2D eigenvalue weighted by molar-refractivity contribution is -0.167. The van der Waals surface area contributed by atoms with Crippen molar-refractivity contribution in [1.29, 1.82) is 0 Å². The fraction of sp³-hybridized carbons (Fsp3) is 0.667. The van der Waals surface area contributed by atoms with Crippen LogP contribution in [0.1, 0.15) is 47.2 Å². The molecule has 1 aliphatic rings. The van der Waals surface area contributed by atoms with Crippen molar-refractivity contribution in [2.75, 3.05) is 6.54 Å². The summed E-state index contributed by atoms with van der Waals surface area (Å²) < 4.78 is 5.61. The molecule has 0 amide bonds. The smallest absolute Gasteiger partial charge is 0.311 e. The van der Waals surface area contributed by atoms with Gasteiger partial charge in [-0.3, -0.25) is 9.78 Å². The Balaban J connectivity index is 2.35. The number of carbonyl (C=O) groups excluding carboxylic acids is 1. The van der Waals surface area contributed by atoms with E-state index in [2.05, 4.69) is 10.3 Å². The van der Waals surface area contributed by atoms with Gasteiger partial charge in [0.25, 0.3) is 0 Å². The van der Waals surface area contributed by atoms with Crippen LogP contribution in [-0.4, -0.2) is 33.7 Å². The first kappa shape index (κ1) is 17.9. The van der Waals surface area contributed by atoms with Crippen molar-refractivity contribution in [2.45, 2.75) is 58.3 Å². The Kier molecular flexibility index (Phi) is 4.57. The molecule has 23 heavy (non-hydrogen) atoms. The van der Waals surface area contributed by atoms with Gasteiger partial charge in [0, 0.05) is 24.2 Å². The average molecular weight is 320 g/mol. The molecular weight excluding hydrogens is 292 g/mol. The third-order valence-corrected chi connectivity index (χ3v) is 4.52. The molecular formula is C18H28N2O3. The molecule has 1 saturated heterocycles. The molecule has 1 aliphatic heterocycles. The Bertz CT molecular complexity index is 561. The predicted octanol–water partition coefficient (Wildman–Crippen LogP) is 2.25. The third kappa shape index (κ3) is 3.72. The maximum atomic E-state index is 12.8. The molecule has 3 atom stereocenters. The van der Waals surface area contributed by atoms with Crippen molar-refractivity contribution >= 4 is 5.97 Å². The number of esters is 1. The number of aliphatic hydroxyl groups is 1. The molecule has 5 heteroatoms. The summed E-state index contributed by atoms with van der Waals surface area (Å²) in [6.45, 7) is 11.7. The zero-order chi connectivity index (χ0) is 17.5. The molecule has 0 bridgehead atoms. The second kappa shape index (κ2) is 5.87. The van der Waals surface area contributed by atoms with Gasteiger partial charge in [-0.2, -0.15) is 0 Å². The number of carbonyl (C=O) groups is 1. The van der Waals surface area contributed by atoms with Crippen LogP contribution in [0.3, 0.4) is 0 Å². The van der Waals surface area contributed by atoms with Gasteiger partial charge in [-0.25, -0.2) is 0 Å². The van der Waals surface area contributed by atoms with E-state index >= 15 is 0 Å². The predicted molar refractivity (Wildman–Crippen MR) is 88.7 cm³/mol. The maximum absolute atomic E-state index is 12.8. The van der Waals surface area contributed by atoms with E-state index in [1.165, 1.54) is 0 Å². The van der Waals surface area contributed by atoms with Crippen molar-refractivity contribution < 1.29 is 14.6 Å². The van der Waals surface area contributed by atoms with Gasteiger partial charge >= 0.3 is 5.97 Å².